The van der Waals surface area contributed by atoms with Gasteiger partial charge in [-0.05, 0) is 24.7 Å². The van der Waals surface area contributed by atoms with E-state index >= 15 is 0 Å². The van der Waals surface area contributed by atoms with Gasteiger partial charge in [0.1, 0.15) is 10.8 Å². The summed E-state index contributed by atoms with van der Waals surface area (Å²) in [6.45, 7) is 8.14. The maximum atomic E-state index is 13.3. The SMILES string of the molecule is CCCC=CC1(C(=O)OC(=O)C2(C=CCCC)C=CC=CC2C)C=CC=CC1C. The molecule has 2 aliphatic carbocycles. The van der Waals surface area contributed by atoms with Gasteiger partial charge in [0.05, 0.1) is 0 Å². The predicted molar refractivity (Wildman–Crippen MR) is 119 cm³/mol. The summed E-state index contributed by atoms with van der Waals surface area (Å²) in [5.74, 6) is -1.21. The van der Waals surface area contributed by atoms with Crippen LogP contribution < -0.4 is 0 Å². The van der Waals surface area contributed by atoms with Crippen LogP contribution in [-0.4, -0.2) is 11.9 Å². The van der Waals surface area contributed by atoms with Crippen molar-refractivity contribution in [2.75, 3.05) is 0 Å². The predicted octanol–water partition coefficient (Wildman–Crippen LogP) is 6.27. The van der Waals surface area contributed by atoms with E-state index < -0.39 is 22.8 Å². The molecule has 0 saturated carbocycles. The van der Waals surface area contributed by atoms with Gasteiger partial charge < -0.3 is 4.74 Å². The van der Waals surface area contributed by atoms with Crippen LogP contribution in [0.4, 0.5) is 0 Å². The van der Waals surface area contributed by atoms with Crippen molar-refractivity contribution in [2.45, 2.75) is 53.4 Å². The van der Waals surface area contributed by atoms with Crippen molar-refractivity contribution < 1.29 is 14.3 Å². The summed E-state index contributed by atoms with van der Waals surface area (Å²) in [6, 6.07) is 0. The van der Waals surface area contributed by atoms with E-state index in [0.29, 0.717) is 0 Å². The zero-order valence-corrected chi connectivity index (χ0v) is 18.1. The van der Waals surface area contributed by atoms with Gasteiger partial charge in [-0.2, -0.15) is 0 Å². The van der Waals surface area contributed by atoms with Gasteiger partial charge in [-0.3, -0.25) is 9.59 Å². The van der Waals surface area contributed by atoms with Gasteiger partial charge in [0.25, 0.3) is 0 Å². The monoisotopic (exact) mass is 394 g/mol. The van der Waals surface area contributed by atoms with Gasteiger partial charge in [-0.25, -0.2) is 0 Å². The van der Waals surface area contributed by atoms with E-state index in [9.17, 15) is 9.59 Å². The third kappa shape index (κ3) is 4.95. The minimum absolute atomic E-state index is 0.0910. The fraction of sp³-hybridized carbons (Fsp3) is 0.462. The van der Waals surface area contributed by atoms with Crippen LogP contribution in [0.5, 0.6) is 0 Å². The third-order valence-electron chi connectivity index (χ3n) is 5.86. The van der Waals surface area contributed by atoms with Crippen molar-refractivity contribution >= 4 is 11.9 Å². The first-order chi connectivity index (χ1) is 13.9. The molecule has 0 fully saturated rings. The van der Waals surface area contributed by atoms with Crippen LogP contribution in [-0.2, 0) is 14.3 Å². The van der Waals surface area contributed by atoms with Crippen LogP contribution in [0.3, 0.4) is 0 Å². The van der Waals surface area contributed by atoms with Gasteiger partial charge in [0.2, 0.25) is 0 Å². The van der Waals surface area contributed by atoms with E-state index in [2.05, 4.69) is 13.8 Å². The lowest BCUT2D eigenvalue weighted by atomic mass is 9.72. The number of esters is 2. The third-order valence-corrected chi connectivity index (χ3v) is 5.86. The molecule has 0 aromatic heterocycles. The molecule has 29 heavy (non-hydrogen) atoms. The number of hydrogen-bond donors (Lipinski definition) is 0. The Hall–Kier alpha value is -2.42. The molecule has 2 aliphatic rings. The molecule has 0 aliphatic heterocycles. The van der Waals surface area contributed by atoms with Crippen molar-refractivity contribution in [3.05, 3.63) is 72.9 Å². The van der Waals surface area contributed by atoms with Gasteiger partial charge in [-0.15, -0.1) is 0 Å². The minimum Gasteiger partial charge on any atom is -0.391 e. The second-order valence-electron chi connectivity index (χ2n) is 7.99. The fourth-order valence-corrected chi connectivity index (χ4v) is 3.72. The molecule has 2 rings (SSSR count). The lowest BCUT2D eigenvalue weighted by molar-refractivity contribution is -0.169. The normalized spacial score (nSPS) is 31.0. The molecule has 0 bridgehead atoms. The molecule has 0 spiro atoms. The van der Waals surface area contributed by atoms with Crippen molar-refractivity contribution in [2.24, 2.45) is 22.7 Å². The Labute approximate surface area is 175 Å². The summed E-state index contributed by atoms with van der Waals surface area (Å²) in [5, 5.41) is 0. The number of rotatable bonds is 8. The lowest BCUT2D eigenvalue weighted by Gasteiger charge is -2.35. The molecule has 0 heterocycles. The fourth-order valence-electron chi connectivity index (χ4n) is 3.72. The van der Waals surface area contributed by atoms with E-state index in [1.54, 1.807) is 0 Å². The minimum atomic E-state index is -0.953. The molecular formula is C26H34O3. The molecule has 4 unspecified atom stereocenters. The van der Waals surface area contributed by atoms with E-state index in [4.69, 9.17) is 4.74 Å². The summed E-state index contributed by atoms with van der Waals surface area (Å²) in [4.78, 5) is 26.6. The Balaban J connectivity index is 2.32. The Morgan fingerprint density at radius 3 is 1.55 bits per heavy atom. The maximum absolute atomic E-state index is 13.3. The number of carbonyl (C=O) groups excluding carboxylic acids is 2. The number of unbranched alkanes of at least 4 members (excludes halogenated alkanes) is 2. The number of carbonyl (C=O) groups is 2. The van der Waals surface area contributed by atoms with Crippen LogP contribution in [0.1, 0.15) is 53.4 Å². The van der Waals surface area contributed by atoms with Crippen LogP contribution in [0.15, 0.2) is 72.9 Å². The molecule has 3 heteroatoms. The molecule has 0 saturated heterocycles. The molecule has 0 N–H and O–H groups in total. The molecular weight excluding hydrogens is 360 g/mol. The van der Waals surface area contributed by atoms with Crippen LogP contribution in [0, 0.1) is 22.7 Å². The summed E-state index contributed by atoms with van der Waals surface area (Å²) in [7, 11) is 0. The number of hydrogen-bond acceptors (Lipinski definition) is 3. The smallest absolute Gasteiger partial charge is 0.328 e. The summed E-state index contributed by atoms with van der Waals surface area (Å²) >= 11 is 0. The van der Waals surface area contributed by atoms with Crippen molar-refractivity contribution in [3.63, 3.8) is 0 Å². The highest BCUT2D eigenvalue weighted by Crippen LogP contribution is 2.40. The second kappa shape index (κ2) is 10.4. The Morgan fingerprint density at radius 1 is 0.793 bits per heavy atom. The summed E-state index contributed by atoms with van der Waals surface area (Å²) in [6.07, 6.45) is 26.8. The Kier molecular flexibility index (Phi) is 8.19. The molecule has 156 valence electrons. The largest absolute Gasteiger partial charge is 0.391 e. The second-order valence-corrected chi connectivity index (χ2v) is 7.99. The highest BCUT2D eigenvalue weighted by atomic mass is 16.6. The van der Waals surface area contributed by atoms with Crippen molar-refractivity contribution in [1.82, 2.24) is 0 Å². The first-order valence-electron chi connectivity index (χ1n) is 10.8. The maximum Gasteiger partial charge on any atom is 0.328 e. The van der Waals surface area contributed by atoms with E-state index in [-0.39, 0.29) is 11.8 Å². The van der Waals surface area contributed by atoms with E-state index in [1.165, 1.54) is 0 Å². The molecule has 4 atom stereocenters. The Morgan fingerprint density at radius 2 is 1.21 bits per heavy atom. The highest BCUT2D eigenvalue weighted by molar-refractivity contribution is 5.96. The molecule has 0 amide bonds. The lowest BCUT2D eigenvalue weighted by Crippen LogP contribution is -2.42. The highest BCUT2D eigenvalue weighted by Gasteiger charge is 2.46. The molecule has 3 nitrogen and oxygen atoms in total. The molecule has 0 aromatic rings. The zero-order valence-electron chi connectivity index (χ0n) is 18.1. The Bertz CT molecular complexity index is 701. The number of ether oxygens (including phenoxy) is 1. The van der Waals surface area contributed by atoms with Gasteiger partial charge in [0, 0.05) is 0 Å². The van der Waals surface area contributed by atoms with Crippen molar-refractivity contribution in [3.8, 4) is 0 Å². The average molecular weight is 395 g/mol. The van der Waals surface area contributed by atoms with Crippen molar-refractivity contribution in [1.29, 1.82) is 0 Å². The zero-order chi connectivity index (χ0) is 21.3. The molecule has 0 aromatic carbocycles. The van der Waals surface area contributed by atoms with Gasteiger partial charge >= 0.3 is 11.9 Å². The van der Waals surface area contributed by atoms with Crippen LogP contribution in [0.2, 0.25) is 0 Å². The topological polar surface area (TPSA) is 43.4 Å². The average Bonchev–Trinajstić information content (AvgIpc) is 2.71. The van der Waals surface area contributed by atoms with Gasteiger partial charge in [0.15, 0.2) is 0 Å². The quantitative estimate of drug-likeness (QED) is 0.277. The summed E-state index contributed by atoms with van der Waals surface area (Å²) < 4.78 is 5.59. The first-order valence-corrected chi connectivity index (χ1v) is 10.8. The van der Waals surface area contributed by atoms with Crippen LogP contribution >= 0.6 is 0 Å². The van der Waals surface area contributed by atoms with E-state index in [0.717, 1.165) is 25.7 Å². The van der Waals surface area contributed by atoms with Gasteiger partial charge in [-0.1, -0.05) is 113 Å². The van der Waals surface area contributed by atoms with Crippen LogP contribution in [0.25, 0.3) is 0 Å². The number of allylic oxidation sites excluding steroid dienone is 8. The van der Waals surface area contributed by atoms with E-state index in [1.807, 2.05) is 86.8 Å². The summed E-state index contributed by atoms with van der Waals surface area (Å²) in [5.41, 5.74) is -1.91. The molecule has 0 radical (unpaired) electrons. The standard InChI is InChI=1S/C26H34O3/c1-5-7-11-17-25(19-13-9-15-21(25)3)23(27)29-24(28)26(18-12-8-6-2)20-14-10-16-22(26)4/h9-22H,5-8H2,1-4H3. The first kappa shape index (κ1) is 22.9.